The summed E-state index contributed by atoms with van der Waals surface area (Å²) in [6, 6.07) is 4.89. The van der Waals surface area contributed by atoms with Gasteiger partial charge in [-0.3, -0.25) is 0 Å². The summed E-state index contributed by atoms with van der Waals surface area (Å²) in [5.41, 5.74) is 8.43. The summed E-state index contributed by atoms with van der Waals surface area (Å²) < 4.78 is 13.5. The largest absolute Gasteiger partial charge is 0.371 e. The summed E-state index contributed by atoms with van der Waals surface area (Å²) in [4.78, 5) is 2.39. The van der Waals surface area contributed by atoms with Crippen LogP contribution in [0.3, 0.4) is 0 Å². The van der Waals surface area contributed by atoms with E-state index in [0.29, 0.717) is 5.41 Å². The predicted octanol–water partition coefficient (Wildman–Crippen LogP) is 4.50. The molecule has 0 radical (unpaired) electrons. The van der Waals surface area contributed by atoms with Crippen molar-refractivity contribution in [1.82, 2.24) is 0 Å². The van der Waals surface area contributed by atoms with Gasteiger partial charge in [0.15, 0.2) is 0 Å². The third-order valence-electron chi connectivity index (χ3n) is 4.77. The highest BCUT2D eigenvalue weighted by molar-refractivity contribution is 5.55. The number of benzene rings is 1. The molecule has 1 aromatic rings. The van der Waals surface area contributed by atoms with E-state index in [1.807, 2.05) is 13.0 Å². The Balaban J connectivity index is 2.20. The van der Waals surface area contributed by atoms with E-state index in [2.05, 4.69) is 25.7 Å². The third kappa shape index (κ3) is 3.97. The minimum Gasteiger partial charge on any atom is -0.371 e. The van der Waals surface area contributed by atoms with Gasteiger partial charge in [-0.25, -0.2) is 4.39 Å². The smallest absolute Gasteiger partial charge is 0.123 e. The molecule has 0 aliphatic carbocycles. The molecule has 2 rings (SSSR count). The molecule has 0 amide bonds. The molecule has 21 heavy (non-hydrogen) atoms. The van der Waals surface area contributed by atoms with Gasteiger partial charge in [-0.2, -0.15) is 0 Å². The Hall–Kier alpha value is -1.09. The summed E-state index contributed by atoms with van der Waals surface area (Å²) in [7, 11) is 0. The minimum absolute atomic E-state index is 0.141. The lowest BCUT2D eigenvalue weighted by molar-refractivity contribution is 0.220. The number of nitrogens with two attached hydrogens (primary N) is 1. The van der Waals surface area contributed by atoms with Crippen LogP contribution in [0.1, 0.15) is 58.6 Å². The zero-order valence-corrected chi connectivity index (χ0v) is 13.8. The molecule has 3 heteroatoms. The predicted molar refractivity (Wildman–Crippen MR) is 88.0 cm³/mol. The van der Waals surface area contributed by atoms with Gasteiger partial charge in [0.1, 0.15) is 5.82 Å². The Kier molecular flexibility index (Phi) is 4.92. The molecule has 0 bridgehead atoms. The lowest BCUT2D eigenvalue weighted by Gasteiger charge is -2.30. The average molecular weight is 292 g/mol. The zero-order valence-electron chi connectivity index (χ0n) is 13.8. The van der Waals surface area contributed by atoms with Crippen LogP contribution in [0.4, 0.5) is 10.1 Å². The lowest BCUT2D eigenvalue weighted by Crippen LogP contribution is -2.27. The van der Waals surface area contributed by atoms with E-state index in [9.17, 15) is 4.39 Å². The van der Waals surface area contributed by atoms with Crippen LogP contribution in [0.5, 0.6) is 0 Å². The Bertz CT molecular complexity index is 477. The molecule has 0 saturated carbocycles. The molecule has 0 aromatic heterocycles. The van der Waals surface area contributed by atoms with E-state index in [1.54, 1.807) is 12.1 Å². The van der Waals surface area contributed by atoms with Crippen LogP contribution in [0, 0.1) is 17.2 Å². The molecule has 2 N–H and O–H groups in total. The van der Waals surface area contributed by atoms with E-state index in [1.165, 1.54) is 19.3 Å². The van der Waals surface area contributed by atoms with Crippen molar-refractivity contribution in [3.05, 3.63) is 29.6 Å². The van der Waals surface area contributed by atoms with Gasteiger partial charge in [-0.05, 0) is 61.3 Å². The molecule has 1 heterocycles. The molecular formula is C18H29FN2. The number of anilines is 1. The second kappa shape index (κ2) is 6.35. The monoisotopic (exact) mass is 292 g/mol. The lowest BCUT2D eigenvalue weighted by atomic mass is 9.77. The minimum atomic E-state index is -0.201. The summed E-state index contributed by atoms with van der Waals surface area (Å²) in [6.45, 7) is 11.0. The van der Waals surface area contributed by atoms with Gasteiger partial charge in [-0.15, -0.1) is 0 Å². The van der Waals surface area contributed by atoms with Crippen molar-refractivity contribution in [2.45, 2.75) is 53.0 Å². The van der Waals surface area contributed by atoms with Crippen molar-refractivity contribution in [3.63, 3.8) is 0 Å². The SMILES string of the molecule is C[C@@H](N)c1cc(F)ccc1N1CCCC(C(C)(C)C)CC1. The van der Waals surface area contributed by atoms with Crippen molar-refractivity contribution in [3.8, 4) is 0 Å². The first kappa shape index (κ1) is 16.3. The van der Waals surface area contributed by atoms with Crippen LogP contribution in [0.15, 0.2) is 18.2 Å². The van der Waals surface area contributed by atoms with E-state index >= 15 is 0 Å². The molecule has 2 atom stereocenters. The van der Waals surface area contributed by atoms with Crippen LogP contribution in [-0.2, 0) is 0 Å². The second-order valence-electron chi connectivity index (χ2n) is 7.47. The molecule has 2 nitrogen and oxygen atoms in total. The van der Waals surface area contributed by atoms with Gasteiger partial charge < -0.3 is 10.6 Å². The van der Waals surface area contributed by atoms with Gasteiger partial charge in [0, 0.05) is 24.8 Å². The molecule has 0 spiro atoms. The van der Waals surface area contributed by atoms with Gasteiger partial charge in [0.2, 0.25) is 0 Å². The first-order valence-electron chi connectivity index (χ1n) is 8.09. The van der Waals surface area contributed by atoms with E-state index in [4.69, 9.17) is 5.73 Å². The Morgan fingerprint density at radius 2 is 1.95 bits per heavy atom. The second-order valence-corrected chi connectivity index (χ2v) is 7.47. The molecule has 1 unspecified atom stereocenters. The maximum Gasteiger partial charge on any atom is 0.123 e. The van der Waals surface area contributed by atoms with Crippen LogP contribution in [0.25, 0.3) is 0 Å². The maximum atomic E-state index is 13.5. The number of hydrogen-bond acceptors (Lipinski definition) is 2. The fourth-order valence-electron chi connectivity index (χ4n) is 3.38. The quantitative estimate of drug-likeness (QED) is 0.869. The normalized spacial score (nSPS) is 22.0. The van der Waals surface area contributed by atoms with Crippen molar-refractivity contribution in [2.75, 3.05) is 18.0 Å². The van der Waals surface area contributed by atoms with Crippen molar-refractivity contribution < 1.29 is 4.39 Å². The van der Waals surface area contributed by atoms with E-state index in [-0.39, 0.29) is 11.9 Å². The van der Waals surface area contributed by atoms with Crippen LogP contribution >= 0.6 is 0 Å². The van der Waals surface area contributed by atoms with Gasteiger partial charge in [-0.1, -0.05) is 20.8 Å². The first-order chi connectivity index (χ1) is 9.79. The van der Waals surface area contributed by atoms with Gasteiger partial charge >= 0.3 is 0 Å². The van der Waals surface area contributed by atoms with Gasteiger partial charge in [0.05, 0.1) is 0 Å². The topological polar surface area (TPSA) is 29.3 Å². The Morgan fingerprint density at radius 1 is 1.24 bits per heavy atom. The van der Waals surface area contributed by atoms with Crippen molar-refractivity contribution in [1.29, 1.82) is 0 Å². The van der Waals surface area contributed by atoms with Crippen LogP contribution in [-0.4, -0.2) is 13.1 Å². The fourth-order valence-corrected chi connectivity index (χ4v) is 3.38. The standard InChI is InChI=1S/C18H29FN2/c1-13(20)16-12-15(19)7-8-17(16)21-10-5-6-14(9-11-21)18(2,3)4/h7-8,12-14H,5-6,9-11,20H2,1-4H3/t13-,14?/m1/s1. The van der Waals surface area contributed by atoms with Crippen molar-refractivity contribution >= 4 is 5.69 Å². The fraction of sp³-hybridized carbons (Fsp3) is 0.667. The number of rotatable bonds is 2. The molecule has 1 saturated heterocycles. The first-order valence-corrected chi connectivity index (χ1v) is 8.09. The van der Waals surface area contributed by atoms with Crippen LogP contribution < -0.4 is 10.6 Å². The molecular weight excluding hydrogens is 263 g/mol. The molecule has 1 aromatic carbocycles. The van der Waals surface area contributed by atoms with Crippen LogP contribution in [0.2, 0.25) is 0 Å². The van der Waals surface area contributed by atoms with E-state index < -0.39 is 0 Å². The Labute approximate surface area is 128 Å². The van der Waals surface area contributed by atoms with Crippen molar-refractivity contribution in [2.24, 2.45) is 17.1 Å². The summed E-state index contributed by atoms with van der Waals surface area (Å²) in [6.07, 6.45) is 3.66. The van der Waals surface area contributed by atoms with Gasteiger partial charge in [0.25, 0.3) is 0 Å². The molecule has 1 aliphatic heterocycles. The zero-order chi connectivity index (χ0) is 15.6. The highest BCUT2D eigenvalue weighted by Crippen LogP contribution is 2.36. The summed E-state index contributed by atoms with van der Waals surface area (Å²) >= 11 is 0. The molecule has 118 valence electrons. The highest BCUT2D eigenvalue weighted by atomic mass is 19.1. The van der Waals surface area contributed by atoms with E-state index in [0.717, 1.165) is 30.3 Å². The molecule has 1 fully saturated rings. The highest BCUT2D eigenvalue weighted by Gasteiger charge is 2.27. The Morgan fingerprint density at radius 3 is 2.57 bits per heavy atom. The number of halogens is 1. The maximum absolute atomic E-state index is 13.5. The number of nitrogens with zero attached hydrogens (tertiary/aromatic N) is 1. The third-order valence-corrected chi connectivity index (χ3v) is 4.77. The molecule has 1 aliphatic rings. The summed E-state index contributed by atoms with van der Waals surface area (Å²) in [5, 5.41) is 0. The average Bonchev–Trinajstić information content (AvgIpc) is 2.63. The number of hydrogen-bond donors (Lipinski definition) is 1. The summed E-state index contributed by atoms with van der Waals surface area (Å²) in [5.74, 6) is 0.551.